The van der Waals surface area contributed by atoms with E-state index in [4.69, 9.17) is 0 Å². The molecule has 0 saturated heterocycles. The number of hydrogen-bond donors (Lipinski definition) is 1. The molecule has 0 bridgehead atoms. The number of halogens is 4. The lowest BCUT2D eigenvalue weighted by atomic mass is 10.2. The number of ether oxygens (including phenoxy) is 1. The van der Waals surface area contributed by atoms with Crippen molar-refractivity contribution in [2.75, 3.05) is 6.54 Å². The smallest absolute Gasteiger partial charge is 0.405 e. The fourth-order valence-electron chi connectivity index (χ4n) is 1.81. The van der Waals surface area contributed by atoms with Crippen LogP contribution in [0.5, 0.6) is 5.75 Å². The highest BCUT2D eigenvalue weighted by Gasteiger charge is 2.31. The molecule has 0 unspecified atom stereocenters. The average Bonchev–Trinajstić information content (AvgIpc) is 3.10. The molecule has 1 fully saturated rings. The summed E-state index contributed by atoms with van der Waals surface area (Å²) in [7, 11) is 0. The quantitative estimate of drug-likeness (QED) is 0.784. The monoisotopic (exact) mass is 337 g/mol. The highest BCUT2D eigenvalue weighted by atomic mass is 79.9. The minimum atomic E-state index is -4.66. The van der Waals surface area contributed by atoms with Crippen molar-refractivity contribution in [3.05, 3.63) is 28.2 Å². The van der Waals surface area contributed by atoms with E-state index in [1.165, 1.54) is 25.3 Å². The van der Waals surface area contributed by atoms with Gasteiger partial charge in [0, 0.05) is 6.54 Å². The minimum Gasteiger partial charge on any atom is -0.405 e. The van der Waals surface area contributed by atoms with Crippen LogP contribution < -0.4 is 10.1 Å². The van der Waals surface area contributed by atoms with E-state index in [-0.39, 0.29) is 5.75 Å². The predicted octanol–water partition coefficient (Wildman–Crippen LogP) is 4.24. The molecule has 1 aliphatic rings. The number of rotatable bonds is 6. The number of alkyl halides is 3. The van der Waals surface area contributed by atoms with Crippen molar-refractivity contribution in [2.24, 2.45) is 5.92 Å². The second kappa shape index (κ2) is 6.13. The van der Waals surface area contributed by atoms with Gasteiger partial charge in [-0.05, 0) is 52.5 Å². The summed E-state index contributed by atoms with van der Waals surface area (Å²) >= 11 is 3.09. The van der Waals surface area contributed by atoms with Crippen LogP contribution in [0.3, 0.4) is 0 Å². The molecule has 2 nitrogen and oxygen atoms in total. The molecule has 0 atom stereocenters. The summed E-state index contributed by atoms with van der Waals surface area (Å²) in [5.41, 5.74) is 0.928. The van der Waals surface area contributed by atoms with Crippen molar-refractivity contribution in [1.29, 1.82) is 0 Å². The first-order chi connectivity index (χ1) is 8.94. The van der Waals surface area contributed by atoms with E-state index in [0.29, 0.717) is 11.0 Å². The maximum Gasteiger partial charge on any atom is 0.573 e. The summed E-state index contributed by atoms with van der Waals surface area (Å²) < 4.78 is 40.5. The molecular weight excluding hydrogens is 323 g/mol. The largest absolute Gasteiger partial charge is 0.573 e. The van der Waals surface area contributed by atoms with Crippen LogP contribution in [0.2, 0.25) is 0 Å². The Hall–Kier alpha value is -0.750. The summed E-state index contributed by atoms with van der Waals surface area (Å²) in [4.78, 5) is 0. The molecule has 1 aromatic rings. The van der Waals surface area contributed by atoms with Crippen molar-refractivity contribution in [3.8, 4) is 5.75 Å². The summed E-state index contributed by atoms with van der Waals surface area (Å²) in [6.07, 6.45) is -0.823. The molecule has 0 radical (unpaired) electrons. The molecular formula is C13H15BrF3NO. The average molecular weight is 338 g/mol. The zero-order chi connectivity index (χ0) is 13.9. The maximum absolute atomic E-state index is 12.1. The van der Waals surface area contributed by atoms with Crippen LogP contribution in [0.4, 0.5) is 13.2 Å². The Labute approximate surface area is 118 Å². The topological polar surface area (TPSA) is 21.3 Å². The molecule has 0 aromatic heterocycles. The molecule has 6 heteroatoms. The SMILES string of the molecule is FC(F)(F)Oc1ccc(CNCCC2CC2)cc1Br. The lowest BCUT2D eigenvalue weighted by Gasteiger charge is -2.12. The van der Waals surface area contributed by atoms with E-state index >= 15 is 0 Å². The summed E-state index contributed by atoms with van der Waals surface area (Å²) in [5, 5.41) is 3.28. The molecule has 19 heavy (non-hydrogen) atoms. The summed E-state index contributed by atoms with van der Waals surface area (Å²) in [5.74, 6) is 0.663. The molecule has 0 amide bonds. The molecule has 1 N–H and O–H groups in total. The minimum absolute atomic E-state index is 0.214. The van der Waals surface area contributed by atoms with Gasteiger partial charge in [0.05, 0.1) is 4.47 Å². The van der Waals surface area contributed by atoms with Crippen LogP contribution in [0.15, 0.2) is 22.7 Å². The van der Waals surface area contributed by atoms with Crippen LogP contribution in [0.1, 0.15) is 24.8 Å². The van der Waals surface area contributed by atoms with E-state index in [9.17, 15) is 13.2 Å². The third kappa shape index (κ3) is 5.40. The van der Waals surface area contributed by atoms with Crippen molar-refractivity contribution in [1.82, 2.24) is 5.32 Å². The second-order valence-electron chi connectivity index (χ2n) is 4.72. The molecule has 0 heterocycles. The third-order valence-corrected chi connectivity index (χ3v) is 3.60. The van der Waals surface area contributed by atoms with Crippen LogP contribution in [0.25, 0.3) is 0 Å². The fraction of sp³-hybridized carbons (Fsp3) is 0.538. The second-order valence-corrected chi connectivity index (χ2v) is 5.58. The van der Waals surface area contributed by atoms with E-state index in [0.717, 1.165) is 18.0 Å². The zero-order valence-corrected chi connectivity index (χ0v) is 11.9. The number of hydrogen-bond acceptors (Lipinski definition) is 2. The van der Waals surface area contributed by atoms with Gasteiger partial charge < -0.3 is 10.1 Å². The highest BCUT2D eigenvalue weighted by Crippen LogP contribution is 2.32. The van der Waals surface area contributed by atoms with Gasteiger partial charge >= 0.3 is 6.36 Å². The van der Waals surface area contributed by atoms with Crippen LogP contribution in [-0.4, -0.2) is 12.9 Å². The highest BCUT2D eigenvalue weighted by molar-refractivity contribution is 9.10. The van der Waals surface area contributed by atoms with E-state index in [2.05, 4.69) is 26.0 Å². The van der Waals surface area contributed by atoms with Crippen LogP contribution >= 0.6 is 15.9 Å². The molecule has 2 rings (SSSR count). The molecule has 1 aliphatic carbocycles. The van der Waals surface area contributed by atoms with Gasteiger partial charge in [0.15, 0.2) is 0 Å². The first kappa shape index (κ1) is 14.7. The van der Waals surface area contributed by atoms with Gasteiger partial charge in [0.2, 0.25) is 0 Å². The van der Waals surface area contributed by atoms with Crippen LogP contribution in [-0.2, 0) is 6.54 Å². The third-order valence-electron chi connectivity index (χ3n) is 2.98. The normalized spacial score (nSPS) is 15.6. The van der Waals surface area contributed by atoms with Gasteiger partial charge in [-0.2, -0.15) is 0 Å². The van der Waals surface area contributed by atoms with Crippen molar-refractivity contribution in [3.63, 3.8) is 0 Å². The van der Waals surface area contributed by atoms with Crippen molar-refractivity contribution in [2.45, 2.75) is 32.2 Å². The van der Waals surface area contributed by atoms with E-state index < -0.39 is 6.36 Å². The van der Waals surface area contributed by atoms with Gasteiger partial charge in [-0.15, -0.1) is 13.2 Å². The Bertz CT molecular complexity index is 432. The zero-order valence-electron chi connectivity index (χ0n) is 10.3. The summed E-state index contributed by atoms with van der Waals surface area (Å²) in [6.45, 7) is 1.60. The Kier molecular flexibility index (Phi) is 4.73. The van der Waals surface area contributed by atoms with Crippen LogP contribution in [0, 0.1) is 5.92 Å². The van der Waals surface area contributed by atoms with Gasteiger partial charge in [-0.3, -0.25) is 0 Å². The molecule has 106 valence electrons. The predicted molar refractivity (Wildman–Crippen MR) is 69.9 cm³/mol. The number of nitrogens with one attached hydrogen (secondary N) is 1. The van der Waals surface area contributed by atoms with Gasteiger partial charge in [-0.1, -0.05) is 18.9 Å². The Balaban J connectivity index is 1.83. The summed E-state index contributed by atoms with van der Waals surface area (Å²) in [6, 6.07) is 4.61. The standard InChI is InChI=1S/C13H15BrF3NO/c14-11-7-10(8-18-6-5-9-1-2-9)3-4-12(11)19-13(15,16)17/h3-4,7,9,18H,1-2,5-6,8H2. The maximum atomic E-state index is 12.1. The van der Waals surface area contributed by atoms with Crippen molar-refractivity contribution < 1.29 is 17.9 Å². The first-order valence-electron chi connectivity index (χ1n) is 6.19. The Morgan fingerprint density at radius 3 is 2.63 bits per heavy atom. The molecule has 1 saturated carbocycles. The Morgan fingerprint density at radius 1 is 1.32 bits per heavy atom. The van der Waals surface area contributed by atoms with Crippen molar-refractivity contribution >= 4 is 15.9 Å². The fourth-order valence-corrected chi connectivity index (χ4v) is 2.31. The van der Waals surface area contributed by atoms with E-state index in [1.54, 1.807) is 12.1 Å². The first-order valence-corrected chi connectivity index (χ1v) is 6.98. The molecule has 1 aromatic carbocycles. The Morgan fingerprint density at radius 2 is 2.05 bits per heavy atom. The molecule has 0 aliphatic heterocycles. The van der Waals surface area contributed by atoms with Gasteiger partial charge in [-0.25, -0.2) is 0 Å². The van der Waals surface area contributed by atoms with Gasteiger partial charge in [0.1, 0.15) is 5.75 Å². The number of benzene rings is 1. The lowest BCUT2D eigenvalue weighted by molar-refractivity contribution is -0.274. The van der Waals surface area contributed by atoms with E-state index in [1.807, 2.05) is 0 Å². The lowest BCUT2D eigenvalue weighted by Crippen LogP contribution is -2.18. The molecule has 0 spiro atoms. The van der Waals surface area contributed by atoms with Gasteiger partial charge in [0.25, 0.3) is 0 Å².